The first-order valence-electron chi connectivity index (χ1n) is 6.03. The van der Waals surface area contributed by atoms with E-state index in [-0.39, 0.29) is 0 Å². The summed E-state index contributed by atoms with van der Waals surface area (Å²) in [6, 6.07) is 8.47. The van der Waals surface area contributed by atoms with Crippen LogP contribution in [0.4, 0.5) is 0 Å². The summed E-state index contributed by atoms with van der Waals surface area (Å²) in [6.07, 6.45) is 4.50. The smallest absolute Gasteiger partial charge is 0.0927 e. The zero-order valence-electron chi connectivity index (χ0n) is 9.24. The van der Waals surface area contributed by atoms with E-state index in [1.807, 2.05) is 0 Å². The lowest BCUT2D eigenvalue weighted by atomic mass is 9.72. The van der Waals surface area contributed by atoms with E-state index >= 15 is 0 Å². The highest BCUT2D eigenvalue weighted by molar-refractivity contribution is 5.38. The predicted octanol–water partition coefficient (Wildman–Crippen LogP) is 3.18. The van der Waals surface area contributed by atoms with Crippen molar-refractivity contribution in [1.82, 2.24) is 0 Å². The van der Waals surface area contributed by atoms with E-state index in [1.54, 1.807) is 0 Å². The minimum absolute atomic E-state index is 0.497. The van der Waals surface area contributed by atoms with Crippen LogP contribution in [0.15, 0.2) is 24.3 Å². The lowest BCUT2D eigenvalue weighted by Crippen LogP contribution is -2.33. The van der Waals surface area contributed by atoms with Gasteiger partial charge in [-0.25, -0.2) is 0 Å². The second-order valence-corrected chi connectivity index (χ2v) is 5.23. The molecule has 1 nitrogen and oxygen atoms in total. The van der Waals surface area contributed by atoms with Gasteiger partial charge in [0.25, 0.3) is 0 Å². The molecule has 3 rings (SSSR count). The number of fused-ring (bicyclic) bond motifs is 1. The number of hydrogen-bond donors (Lipinski definition) is 1. The molecule has 0 amide bonds. The summed E-state index contributed by atoms with van der Waals surface area (Å²) >= 11 is 0. The fraction of sp³-hybridized carbons (Fsp3) is 0.571. The van der Waals surface area contributed by atoms with Crippen molar-refractivity contribution in [3.8, 4) is 0 Å². The molecule has 1 saturated carbocycles. The van der Waals surface area contributed by atoms with Gasteiger partial charge in [0, 0.05) is 0 Å². The topological polar surface area (TPSA) is 20.2 Å². The summed E-state index contributed by atoms with van der Waals surface area (Å²) in [7, 11) is 0. The summed E-state index contributed by atoms with van der Waals surface area (Å²) in [5.41, 5.74) is 2.09. The van der Waals surface area contributed by atoms with Gasteiger partial charge in [-0.3, -0.25) is 0 Å². The summed E-state index contributed by atoms with van der Waals surface area (Å²) in [5.74, 6) is 1.14. The highest BCUT2D eigenvalue weighted by Crippen LogP contribution is 2.53. The number of aliphatic hydroxyl groups is 1. The van der Waals surface area contributed by atoms with Crippen molar-refractivity contribution < 1.29 is 5.11 Å². The molecule has 1 heteroatoms. The first-order valence-corrected chi connectivity index (χ1v) is 6.03. The molecule has 0 saturated heterocycles. The maximum absolute atomic E-state index is 10.8. The van der Waals surface area contributed by atoms with Crippen LogP contribution in [0.1, 0.15) is 49.7 Å². The van der Waals surface area contributed by atoms with E-state index in [9.17, 15) is 5.11 Å². The Balaban J connectivity index is 2.11. The lowest BCUT2D eigenvalue weighted by Gasteiger charge is -2.37. The largest absolute Gasteiger partial charge is 0.385 e. The van der Waals surface area contributed by atoms with Gasteiger partial charge in [-0.05, 0) is 48.6 Å². The average Bonchev–Trinajstić information content (AvgIpc) is 3.08. The fourth-order valence-electron chi connectivity index (χ4n) is 3.03. The Labute approximate surface area is 91.1 Å². The van der Waals surface area contributed by atoms with Crippen molar-refractivity contribution in [2.45, 2.75) is 44.1 Å². The van der Waals surface area contributed by atoms with Crippen LogP contribution in [0.25, 0.3) is 0 Å². The van der Waals surface area contributed by atoms with Crippen LogP contribution < -0.4 is 0 Å². The molecule has 0 aliphatic heterocycles. The Kier molecular flexibility index (Phi) is 1.93. The van der Waals surface area contributed by atoms with Crippen LogP contribution in [0.5, 0.6) is 0 Å². The Hall–Kier alpha value is -0.820. The molecule has 2 aliphatic rings. The van der Waals surface area contributed by atoms with Crippen molar-refractivity contribution in [3.05, 3.63) is 35.4 Å². The molecule has 1 aromatic carbocycles. The predicted molar refractivity (Wildman–Crippen MR) is 60.7 cm³/mol. The van der Waals surface area contributed by atoms with Gasteiger partial charge < -0.3 is 5.11 Å². The molecule has 2 atom stereocenters. The second kappa shape index (κ2) is 3.08. The van der Waals surface area contributed by atoms with Crippen molar-refractivity contribution >= 4 is 0 Å². The minimum atomic E-state index is -0.497. The first-order chi connectivity index (χ1) is 7.22. The molecule has 0 aromatic heterocycles. The number of rotatable bonds is 1. The van der Waals surface area contributed by atoms with Gasteiger partial charge in [-0.15, -0.1) is 0 Å². The van der Waals surface area contributed by atoms with E-state index in [1.165, 1.54) is 24.0 Å². The Bertz CT molecular complexity index is 381. The third-order valence-corrected chi connectivity index (χ3v) is 4.17. The van der Waals surface area contributed by atoms with Crippen molar-refractivity contribution in [2.24, 2.45) is 5.92 Å². The van der Waals surface area contributed by atoms with Gasteiger partial charge in [0.15, 0.2) is 0 Å². The van der Waals surface area contributed by atoms with Gasteiger partial charge in [0.1, 0.15) is 0 Å². The highest BCUT2D eigenvalue weighted by atomic mass is 16.3. The molecular formula is C14H18O. The molecule has 0 heterocycles. The average molecular weight is 202 g/mol. The summed E-state index contributed by atoms with van der Waals surface area (Å²) < 4.78 is 0. The molecule has 0 spiro atoms. The zero-order valence-corrected chi connectivity index (χ0v) is 9.24. The van der Waals surface area contributed by atoms with Crippen LogP contribution in [0.3, 0.4) is 0 Å². The van der Waals surface area contributed by atoms with Crippen LogP contribution in [-0.2, 0) is 5.60 Å². The molecule has 80 valence electrons. The van der Waals surface area contributed by atoms with E-state index in [2.05, 4.69) is 31.2 Å². The van der Waals surface area contributed by atoms with Crippen molar-refractivity contribution in [2.75, 3.05) is 0 Å². The van der Waals surface area contributed by atoms with E-state index < -0.39 is 5.60 Å². The van der Waals surface area contributed by atoms with Crippen molar-refractivity contribution in [3.63, 3.8) is 0 Å². The van der Waals surface area contributed by atoms with Crippen molar-refractivity contribution in [1.29, 1.82) is 0 Å². The number of hydrogen-bond acceptors (Lipinski definition) is 1. The second-order valence-electron chi connectivity index (χ2n) is 5.23. The maximum Gasteiger partial charge on any atom is 0.0927 e. The van der Waals surface area contributed by atoms with Crippen LogP contribution in [0, 0.1) is 5.92 Å². The van der Waals surface area contributed by atoms with Gasteiger partial charge >= 0.3 is 0 Å². The SMILES string of the molecule is CC1CCC(O)(C2CC2)c2ccccc21. The van der Waals surface area contributed by atoms with Gasteiger partial charge in [-0.2, -0.15) is 0 Å². The molecule has 1 N–H and O–H groups in total. The van der Waals surface area contributed by atoms with Gasteiger partial charge in [-0.1, -0.05) is 31.2 Å². The highest BCUT2D eigenvalue weighted by Gasteiger charge is 2.47. The summed E-state index contributed by atoms with van der Waals surface area (Å²) in [5, 5.41) is 10.8. The Morgan fingerprint density at radius 2 is 1.93 bits per heavy atom. The minimum Gasteiger partial charge on any atom is -0.385 e. The summed E-state index contributed by atoms with van der Waals surface area (Å²) in [6.45, 7) is 2.27. The van der Waals surface area contributed by atoms with Gasteiger partial charge in [0.2, 0.25) is 0 Å². The van der Waals surface area contributed by atoms with Crippen LogP contribution >= 0.6 is 0 Å². The molecule has 0 bridgehead atoms. The lowest BCUT2D eigenvalue weighted by molar-refractivity contribution is -0.00687. The van der Waals surface area contributed by atoms with Gasteiger partial charge in [0.05, 0.1) is 5.60 Å². The van der Waals surface area contributed by atoms with E-state index in [4.69, 9.17) is 0 Å². The fourth-order valence-corrected chi connectivity index (χ4v) is 3.03. The third-order valence-electron chi connectivity index (χ3n) is 4.17. The first kappa shape index (κ1) is 9.41. The van der Waals surface area contributed by atoms with E-state index in [0.717, 1.165) is 12.8 Å². The zero-order chi connectivity index (χ0) is 10.5. The molecule has 15 heavy (non-hydrogen) atoms. The molecular weight excluding hydrogens is 184 g/mol. The van der Waals surface area contributed by atoms with Crippen LogP contribution in [0.2, 0.25) is 0 Å². The molecule has 1 fully saturated rings. The van der Waals surface area contributed by atoms with Crippen LogP contribution in [-0.4, -0.2) is 5.11 Å². The molecule has 1 aromatic rings. The molecule has 2 unspecified atom stereocenters. The standard InChI is InChI=1S/C14H18O/c1-10-8-9-14(15,11-6-7-11)13-5-3-2-4-12(10)13/h2-5,10-11,15H,6-9H2,1H3. The quantitative estimate of drug-likeness (QED) is 0.741. The molecule has 2 aliphatic carbocycles. The number of benzene rings is 1. The van der Waals surface area contributed by atoms with E-state index in [0.29, 0.717) is 11.8 Å². The molecule has 0 radical (unpaired) electrons. The monoisotopic (exact) mass is 202 g/mol. The Morgan fingerprint density at radius 1 is 1.20 bits per heavy atom. The normalized spacial score (nSPS) is 34.9. The third kappa shape index (κ3) is 1.33. The maximum atomic E-state index is 10.8. The Morgan fingerprint density at radius 3 is 2.67 bits per heavy atom. The summed E-state index contributed by atoms with van der Waals surface area (Å²) in [4.78, 5) is 0.